The van der Waals surface area contributed by atoms with Crippen LogP contribution in [0.1, 0.15) is 34.9 Å². The van der Waals surface area contributed by atoms with E-state index in [9.17, 15) is 0 Å². The fourth-order valence-electron chi connectivity index (χ4n) is 2.62. The minimum atomic E-state index is 0.431. The number of hydrogen-bond donors (Lipinski definition) is 1. The first-order chi connectivity index (χ1) is 9.15. The molecule has 0 saturated heterocycles. The highest BCUT2D eigenvalue weighted by atomic mass is 127. The Morgan fingerprint density at radius 1 is 1.42 bits per heavy atom. The van der Waals surface area contributed by atoms with Gasteiger partial charge in [0.1, 0.15) is 0 Å². The molecule has 1 N–H and O–H groups in total. The number of hydrogen-bond acceptors (Lipinski definition) is 2. The van der Waals surface area contributed by atoms with E-state index in [0.29, 0.717) is 6.04 Å². The fourth-order valence-corrected chi connectivity index (χ4v) is 4.92. The molecule has 1 aliphatic carbocycles. The molecule has 1 atom stereocenters. The summed E-state index contributed by atoms with van der Waals surface area (Å²) in [5.74, 6) is 0. The molecule has 0 bridgehead atoms. The van der Waals surface area contributed by atoms with Gasteiger partial charge in [-0.1, -0.05) is 17.7 Å². The van der Waals surface area contributed by atoms with E-state index in [2.05, 4.69) is 47.0 Å². The van der Waals surface area contributed by atoms with Gasteiger partial charge in [0.15, 0.2) is 0 Å². The molecule has 3 rings (SSSR count). The van der Waals surface area contributed by atoms with Crippen LogP contribution in [0, 0.1) is 9.81 Å². The van der Waals surface area contributed by atoms with Crippen molar-refractivity contribution in [3.8, 4) is 0 Å². The lowest BCUT2D eigenvalue weighted by Gasteiger charge is -2.25. The second-order valence-electron chi connectivity index (χ2n) is 4.93. The summed E-state index contributed by atoms with van der Waals surface area (Å²) in [4.78, 5) is 1.55. The lowest BCUT2D eigenvalue weighted by Crippen LogP contribution is -2.16. The smallest absolute Gasteiger partial charge is 0.0660 e. The van der Waals surface area contributed by atoms with Crippen molar-refractivity contribution in [2.45, 2.75) is 32.2 Å². The summed E-state index contributed by atoms with van der Waals surface area (Å²) in [6.45, 7) is 2.08. The highest BCUT2D eigenvalue weighted by Crippen LogP contribution is 2.38. The summed E-state index contributed by atoms with van der Waals surface area (Å²) >= 11 is 10.6. The predicted molar refractivity (Wildman–Crippen MR) is 92.5 cm³/mol. The molecule has 100 valence electrons. The van der Waals surface area contributed by atoms with Crippen LogP contribution in [0.4, 0.5) is 5.69 Å². The van der Waals surface area contributed by atoms with Crippen LogP contribution in [-0.2, 0) is 6.42 Å². The van der Waals surface area contributed by atoms with Gasteiger partial charge >= 0.3 is 0 Å². The Kier molecular flexibility index (Phi) is 4.06. The zero-order valence-electron chi connectivity index (χ0n) is 10.7. The third kappa shape index (κ3) is 2.78. The van der Waals surface area contributed by atoms with Crippen molar-refractivity contribution in [2.75, 3.05) is 5.32 Å². The van der Waals surface area contributed by atoms with Crippen LogP contribution in [0.15, 0.2) is 24.3 Å². The van der Waals surface area contributed by atoms with Gasteiger partial charge in [-0.15, -0.1) is 11.3 Å². The van der Waals surface area contributed by atoms with Gasteiger partial charge in [0.05, 0.1) is 8.93 Å². The van der Waals surface area contributed by atoms with Gasteiger partial charge in [0, 0.05) is 15.6 Å². The summed E-state index contributed by atoms with van der Waals surface area (Å²) in [5.41, 5.74) is 3.79. The van der Waals surface area contributed by atoms with E-state index in [1.54, 1.807) is 4.88 Å². The lowest BCUT2D eigenvalue weighted by atomic mass is 9.93. The van der Waals surface area contributed by atoms with Gasteiger partial charge in [-0.05, 0) is 78.1 Å². The highest BCUT2D eigenvalue weighted by molar-refractivity contribution is 14.1. The molecule has 1 heterocycles. The number of anilines is 1. The zero-order chi connectivity index (χ0) is 13.4. The van der Waals surface area contributed by atoms with Crippen LogP contribution in [0.3, 0.4) is 0 Å². The van der Waals surface area contributed by atoms with Crippen molar-refractivity contribution < 1.29 is 0 Å². The minimum Gasteiger partial charge on any atom is -0.378 e. The first-order valence-corrected chi connectivity index (χ1v) is 8.72. The molecule has 0 aliphatic heterocycles. The maximum Gasteiger partial charge on any atom is 0.0660 e. The van der Waals surface area contributed by atoms with Crippen LogP contribution in [0.2, 0.25) is 5.02 Å². The Morgan fingerprint density at radius 3 is 3.11 bits per heavy atom. The number of aryl methyl sites for hydroxylation is 1. The van der Waals surface area contributed by atoms with E-state index in [0.717, 1.165) is 16.3 Å². The quantitative estimate of drug-likeness (QED) is 0.624. The number of thiophene rings is 1. The molecule has 1 aromatic carbocycles. The maximum absolute atomic E-state index is 6.20. The van der Waals surface area contributed by atoms with E-state index in [1.165, 1.54) is 27.7 Å². The standard InChI is InChI=1S/C15H15ClINS/c1-9-11(16)4-2-5-12(9)18-13-6-3-7-14-10(13)8-15(17)19-14/h2,4-5,8,13,18H,3,6-7H2,1H3. The van der Waals surface area contributed by atoms with E-state index in [4.69, 9.17) is 11.6 Å². The molecule has 0 spiro atoms. The summed E-state index contributed by atoms with van der Waals surface area (Å²) in [7, 11) is 0. The number of nitrogens with one attached hydrogen (secondary N) is 1. The molecule has 4 heteroatoms. The molecule has 0 saturated carbocycles. The first kappa shape index (κ1) is 13.7. The summed E-state index contributed by atoms with van der Waals surface area (Å²) in [5, 5.41) is 4.51. The maximum atomic E-state index is 6.20. The van der Waals surface area contributed by atoms with Crippen molar-refractivity contribution in [3.63, 3.8) is 0 Å². The van der Waals surface area contributed by atoms with E-state index in [-0.39, 0.29) is 0 Å². The third-order valence-electron chi connectivity index (χ3n) is 3.68. The Hall–Kier alpha value is -0.260. The Labute approximate surface area is 136 Å². The molecular formula is C15H15ClINS. The van der Waals surface area contributed by atoms with Crippen molar-refractivity contribution in [3.05, 3.63) is 48.2 Å². The van der Waals surface area contributed by atoms with Crippen molar-refractivity contribution in [1.29, 1.82) is 0 Å². The third-order valence-corrected chi connectivity index (χ3v) is 6.06. The number of halogens is 2. The van der Waals surface area contributed by atoms with Gasteiger partial charge in [-0.3, -0.25) is 0 Å². The number of benzene rings is 1. The van der Waals surface area contributed by atoms with Crippen molar-refractivity contribution >= 4 is 51.2 Å². The molecule has 0 fully saturated rings. The molecule has 1 aromatic heterocycles. The average molecular weight is 404 g/mol. The van der Waals surface area contributed by atoms with E-state index < -0.39 is 0 Å². The zero-order valence-corrected chi connectivity index (χ0v) is 14.4. The Balaban J connectivity index is 1.90. The summed E-state index contributed by atoms with van der Waals surface area (Å²) in [6, 6.07) is 8.84. The largest absolute Gasteiger partial charge is 0.378 e. The minimum absolute atomic E-state index is 0.431. The van der Waals surface area contributed by atoms with E-state index in [1.807, 2.05) is 23.5 Å². The van der Waals surface area contributed by atoms with Gasteiger partial charge in [0.25, 0.3) is 0 Å². The normalized spacial score (nSPS) is 18.2. The van der Waals surface area contributed by atoms with Gasteiger partial charge in [-0.2, -0.15) is 0 Å². The fraction of sp³-hybridized carbons (Fsp3) is 0.333. The van der Waals surface area contributed by atoms with Gasteiger partial charge < -0.3 is 5.32 Å². The van der Waals surface area contributed by atoms with E-state index >= 15 is 0 Å². The summed E-state index contributed by atoms with van der Waals surface area (Å²) < 4.78 is 1.39. The van der Waals surface area contributed by atoms with Gasteiger partial charge in [0.2, 0.25) is 0 Å². The van der Waals surface area contributed by atoms with Crippen LogP contribution < -0.4 is 5.32 Å². The molecular weight excluding hydrogens is 389 g/mol. The van der Waals surface area contributed by atoms with Crippen LogP contribution in [-0.4, -0.2) is 0 Å². The number of rotatable bonds is 2. The predicted octanol–water partition coefficient (Wildman–Crippen LogP) is 5.80. The Bertz CT molecular complexity index is 608. The molecule has 2 aromatic rings. The summed E-state index contributed by atoms with van der Waals surface area (Å²) in [6.07, 6.45) is 3.70. The van der Waals surface area contributed by atoms with Crippen LogP contribution in [0.5, 0.6) is 0 Å². The first-order valence-electron chi connectivity index (χ1n) is 6.45. The average Bonchev–Trinajstić information content (AvgIpc) is 2.76. The lowest BCUT2D eigenvalue weighted by molar-refractivity contribution is 0.608. The monoisotopic (exact) mass is 403 g/mol. The van der Waals surface area contributed by atoms with Gasteiger partial charge in [-0.25, -0.2) is 0 Å². The molecule has 0 amide bonds. The second-order valence-corrected chi connectivity index (χ2v) is 8.37. The SMILES string of the molecule is Cc1c(Cl)cccc1NC1CCCc2sc(I)cc21. The molecule has 1 aliphatic rings. The Morgan fingerprint density at radius 2 is 2.26 bits per heavy atom. The highest BCUT2D eigenvalue weighted by Gasteiger charge is 2.23. The van der Waals surface area contributed by atoms with Crippen molar-refractivity contribution in [2.24, 2.45) is 0 Å². The molecule has 1 unspecified atom stereocenters. The molecule has 1 nitrogen and oxygen atoms in total. The number of fused-ring (bicyclic) bond motifs is 1. The van der Waals surface area contributed by atoms with Crippen molar-refractivity contribution in [1.82, 2.24) is 0 Å². The molecule has 19 heavy (non-hydrogen) atoms. The second kappa shape index (κ2) is 5.62. The topological polar surface area (TPSA) is 12.0 Å². The molecule has 0 radical (unpaired) electrons. The van der Waals surface area contributed by atoms with Crippen LogP contribution >= 0.6 is 45.5 Å². The van der Waals surface area contributed by atoms with Crippen LogP contribution in [0.25, 0.3) is 0 Å².